The van der Waals surface area contributed by atoms with Crippen LogP contribution in [0.5, 0.6) is 11.5 Å². The lowest BCUT2D eigenvalue weighted by molar-refractivity contribution is -0.133. The molecule has 12 nitrogen and oxygen atoms in total. The molecule has 1 unspecified atom stereocenters. The highest BCUT2D eigenvalue weighted by molar-refractivity contribution is 7.98. The number of hydrogen-bond donors (Lipinski definition) is 3. The number of fused-ring (bicyclic) bond motifs is 1. The van der Waals surface area contributed by atoms with Crippen LogP contribution in [-0.4, -0.2) is 69.3 Å². The monoisotopic (exact) mass is 784 g/mol. The first-order valence-corrected chi connectivity index (χ1v) is 20.0. The zero-order chi connectivity index (χ0) is 39.3. The Morgan fingerprint density at radius 1 is 1.00 bits per heavy atom. The number of carbonyl (C=O) groups is 2. The lowest BCUT2D eigenvalue weighted by atomic mass is 9.80. The summed E-state index contributed by atoms with van der Waals surface area (Å²) in [6.45, 7) is 5.13. The van der Waals surface area contributed by atoms with Gasteiger partial charge in [-0.1, -0.05) is 13.0 Å². The SMILES string of the molecule is CCN(C)SNc1ccc(F)c(Oc2ccc3ncn(CC4CCN(C5CCC(c6ccc(NC7CCC(=O)NC7=O)cc6F)CC5)CC4)c(=O)c3c2)c1C#N. The van der Waals surface area contributed by atoms with Crippen molar-refractivity contribution in [2.45, 2.75) is 82.8 Å². The third-order valence-corrected chi connectivity index (χ3v) is 12.2. The van der Waals surface area contributed by atoms with Gasteiger partial charge in [0.25, 0.3) is 5.56 Å². The molecule has 2 amide bonds. The number of carbonyl (C=O) groups excluding carboxylic acids is 2. The van der Waals surface area contributed by atoms with Crippen LogP contribution in [0.25, 0.3) is 10.9 Å². The summed E-state index contributed by atoms with van der Waals surface area (Å²) in [6, 6.07) is 14.6. The first-order chi connectivity index (χ1) is 27.1. The number of anilines is 2. The van der Waals surface area contributed by atoms with Gasteiger partial charge in [-0.05, 0) is 125 Å². The Morgan fingerprint density at radius 2 is 1.79 bits per heavy atom. The van der Waals surface area contributed by atoms with Crippen LogP contribution >= 0.6 is 12.1 Å². The van der Waals surface area contributed by atoms with E-state index < -0.39 is 11.9 Å². The van der Waals surface area contributed by atoms with Gasteiger partial charge in [0.05, 0.1) is 22.9 Å². The molecule has 3 N–H and O–H groups in total. The Hall–Kier alpha value is -5.04. The number of halogens is 2. The molecule has 2 saturated heterocycles. The maximum Gasteiger partial charge on any atom is 0.261 e. The lowest BCUT2D eigenvalue weighted by Gasteiger charge is -2.41. The Balaban J connectivity index is 0.929. The smallest absolute Gasteiger partial charge is 0.261 e. The molecule has 0 spiro atoms. The van der Waals surface area contributed by atoms with E-state index in [-0.39, 0.29) is 52.6 Å². The zero-order valence-electron chi connectivity index (χ0n) is 31.5. The Morgan fingerprint density at radius 3 is 2.50 bits per heavy atom. The highest BCUT2D eigenvalue weighted by Gasteiger charge is 2.31. The summed E-state index contributed by atoms with van der Waals surface area (Å²) in [5.41, 5.74) is 1.97. The molecule has 1 aromatic heterocycles. The summed E-state index contributed by atoms with van der Waals surface area (Å²) in [4.78, 5) is 44.3. The van der Waals surface area contributed by atoms with Gasteiger partial charge in [0.1, 0.15) is 29.2 Å². The molecule has 0 radical (unpaired) electrons. The average molecular weight is 785 g/mol. The topological polar surface area (TPSA) is 145 Å². The van der Waals surface area contributed by atoms with Gasteiger partial charge < -0.3 is 19.7 Å². The van der Waals surface area contributed by atoms with E-state index in [2.05, 4.69) is 25.2 Å². The Bertz CT molecular complexity index is 2200. The van der Waals surface area contributed by atoms with Crippen molar-refractivity contribution in [3.8, 4) is 17.6 Å². The third kappa shape index (κ3) is 8.83. The molecule has 2 aliphatic heterocycles. The number of aromatic nitrogens is 2. The fourth-order valence-corrected chi connectivity index (χ4v) is 8.56. The number of imide groups is 1. The van der Waals surface area contributed by atoms with Gasteiger partial charge in [0.15, 0.2) is 11.6 Å². The second-order valence-electron chi connectivity index (χ2n) is 14.9. The van der Waals surface area contributed by atoms with Crippen LogP contribution in [0.3, 0.4) is 0 Å². The van der Waals surface area contributed by atoms with E-state index in [0.29, 0.717) is 52.8 Å². The van der Waals surface area contributed by atoms with E-state index >= 15 is 4.39 Å². The van der Waals surface area contributed by atoms with Gasteiger partial charge in [0.2, 0.25) is 11.8 Å². The van der Waals surface area contributed by atoms with Crippen LogP contribution in [-0.2, 0) is 16.1 Å². The molecule has 1 aliphatic carbocycles. The van der Waals surface area contributed by atoms with Gasteiger partial charge in [0, 0.05) is 43.4 Å². The second-order valence-corrected chi connectivity index (χ2v) is 15.9. The Kier molecular flexibility index (Phi) is 12.2. The molecule has 1 atom stereocenters. The molecular formula is C41H46F2N8O4S. The number of nitriles is 1. The first kappa shape index (κ1) is 39.2. The minimum absolute atomic E-state index is 0.0202. The van der Waals surface area contributed by atoms with E-state index in [1.165, 1.54) is 30.3 Å². The standard InChI is InChI=1S/C41H46F2N8O4S/c1-3-49(2)56-48-36-13-11-33(42)39(32(36)22-44)55-29-9-12-35-31(21-29)41(54)51(24-45-35)23-25-16-18-50(19-17-25)28-7-4-26(5-8-28)30-10-6-27(20-34(30)43)46-37-14-15-38(52)47-40(37)53/h6,9-13,20-21,24-26,28,37,46,48H,3-5,7-8,14-19,23H2,1-2H3,(H,47,52,53). The van der Waals surface area contributed by atoms with Crippen molar-refractivity contribution in [1.82, 2.24) is 24.1 Å². The molecule has 3 fully saturated rings. The van der Waals surface area contributed by atoms with Crippen LogP contribution in [0.1, 0.15) is 75.3 Å². The quantitative estimate of drug-likeness (QED) is 0.102. The van der Waals surface area contributed by atoms with Crippen molar-refractivity contribution in [1.29, 1.82) is 5.26 Å². The van der Waals surface area contributed by atoms with Crippen molar-refractivity contribution < 1.29 is 23.1 Å². The molecule has 56 heavy (non-hydrogen) atoms. The second kappa shape index (κ2) is 17.4. The van der Waals surface area contributed by atoms with E-state index in [0.717, 1.165) is 58.2 Å². The number of rotatable bonds is 12. The van der Waals surface area contributed by atoms with Crippen molar-refractivity contribution >= 4 is 46.2 Å². The van der Waals surface area contributed by atoms with Crippen LogP contribution in [0, 0.1) is 28.9 Å². The summed E-state index contributed by atoms with van der Waals surface area (Å²) >= 11 is 1.28. The molecular weight excluding hydrogens is 739 g/mol. The number of piperidine rings is 2. The Labute approximate surface area is 328 Å². The van der Waals surface area contributed by atoms with Crippen LogP contribution in [0.4, 0.5) is 20.2 Å². The molecule has 3 aromatic carbocycles. The molecule has 3 aliphatic rings. The molecule has 3 heterocycles. The maximum atomic E-state index is 15.3. The zero-order valence-corrected chi connectivity index (χ0v) is 32.3. The van der Waals surface area contributed by atoms with E-state index in [1.807, 2.05) is 36.5 Å². The summed E-state index contributed by atoms with van der Waals surface area (Å²) in [6.07, 6.45) is 7.87. The number of hydrogen-bond acceptors (Lipinski definition) is 11. The summed E-state index contributed by atoms with van der Waals surface area (Å²) in [7, 11) is 1.89. The number of amides is 2. The van der Waals surface area contributed by atoms with Crippen molar-refractivity contribution in [3.63, 3.8) is 0 Å². The summed E-state index contributed by atoms with van der Waals surface area (Å²) in [5.74, 6) is -1.19. The first-order valence-electron chi connectivity index (χ1n) is 19.3. The van der Waals surface area contributed by atoms with Crippen LogP contribution < -0.4 is 25.7 Å². The summed E-state index contributed by atoms with van der Waals surface area (Å²) in [5, 5.41) is 15.6. The minimum Gasteiger partial charge on any atom is -0.453 e. The fraction of sp³-hybridized carbons (Fsp3) is 0.439. The number of benzene rings is 3. The van der Waals surface area contributed by atoms with Gasteiger partial charge in [-0.15, -0.1) is 0 Å². The number of nitrogens with zero attached hydrogens (tertiary/aromatic N) is 5. The van der Waals surface area contributed by atoms with Crippen LogP contribution in [0.15, 0.2) is 59.7 Å². The molecule has 0 bridgehead atoms. The molecule has 4 aromatic rings. The molecule has 1 saturated carbocycles. The predicted molar refractivity (Wildman–Crippen MR) is 212 cm³/mol. The van der Waals surface area contributed by atoms with E-state index in [1.54, 1.807) is 29.1 Å². The normalized spacial score (nSPS) is 20.8. The van der Waals surface area contributed by atoms with Gasteiger partial charge >= 0.3 is 0 Å². The average Bonchev–Trinajstić information content (AvgIpc) is 3.20. The van der Waals surface area contributed by atoms with Gasteiger partial charge in [-0.2, -0.15) is 5.26 Å². The fourth-order valence-electron chi connectivity index (χ4n) is 8.01. The third-order valence-electron chi connectivity index (χ3n) is 11.3. The summed E-state index contributed by atoms with van der Waals surface area (Å²) < 4.78 is 42.8. The van der Waals surface area contributed by atoms with Crippen LogP contribution in [0.2, 0.25) is 0 Å². The highest BCUT2D eigenvalue weighted by Crippen LogP contribution is 2.38. The van der Waals surface area contributed by atoms with E-state index in [9.17, 15) is 24.0 Å². The van der Waals surface area contributed by atoms with Gasteiger partial charge in [-0.25, -0.2) is 18.1 Å². The van der Waals surface area contributed by atoms with Gasteiger partial charge in [-0.3, -0.25) is 24.3 Å². The minimum atomic E-state index is -0.689. The predicted octanol–water partition coefficient (Wildman–Crippen LogP) is 6.92. The maximum absolute atomic E-state index is 15.3. The molecule has 7 rings (SSSR count). The van der Waals surface area contributed by atoms with Crippen molar-refractivity contribution in [2.24, 2.45) is 5.92 Å². The molecule has 15 heteroatoms. The number of likely N-dealkylation sites (tertiary alicyclic amines) is 1. The number of ether oxygens (including phenoxy) is 1. The lowest BCUT2D eigenvalue weighted by Crippen LogP contribution is -2.47. The largest absolute Gasteiger partial charge is 0.453 e. The highest BCUT2D eigenvalue weighted by atomic mass is 32.2. The number of nitrogens with one attached hydrogen (secondary N) is 3. The molecule has 294 valence electrons. The van der Waals surface area contributed by atoms with E-state index in [4.69, 9.17) is 4.74 Å². The van der Waals surface area contributed by atoms with Crippen molar-refractivity contribution in [2.75, 3.05) is 36.7 Å². The van der Waals surface area contributed by atoms with Crippen molar-refractivity contribution in [3.05, 3.63) is 88.0 Å².